The van der Waals surface area contributed by atoms with Crippen molar-refractivity contribution in [3.05, 3.63) is 267 Å². The van der Waals surface area contributed by atoms with Crippen molar-refractivity contribution in [1.29, 1.82) is 0 Å². The summed E-state index contributed by atoms with van der Waals surface area (Å²) >= 11 is 0. The minimum absolute atomic E-state index is 0.0493. The van der Waals surface area contributed by atoms with Crippen molar-refractivity contribution in [1.82, 2.24) is 0 Å². The van der Waals surface area contributed by atoms with Crippen molar-refractivity contribution in [2.24, 2.45) is 0 Å². The molecule has 0 aromatic carbocycles. The van der Waals surface area contributed by atoms with Gasteiger partial charge in [0, 0.05) is 12.8 Å². The molecule has 0 aromatic rings. The van der Waals surface area contributed by atoms with Crippen LogP contribution in [0.25, 0.3) is 0 Å². The molecule has 0 saturated carbocycles. The van der Waals surface area contributed by atoms with Gasteiger partial charge in [-0.25, -0.2) is 0 Å². The lowest BCUT2D eigenvalue weighted by atomic mass is 10.1. The van der Waals surface area contributed by atoms with Gasteiger partial charge in [0.1, 0.15) is 19.8 Å². The predicted octanol–water partition coefficient (Wildman–Crippen LogP) is 27.5. The number of quaternary nitrogens is 1. The lowest BCUT2D eigenvalue weighted by molar-refractivity contribution is -0.870. The SMILES string of the molecule is CC/C=C\C/C=C\C/C=C\C/C=C\C/C=C\C/C=C\C/C=C\C/C=C\C/C=C\C/C=C\C/C=C\CCCCCCCCCC(=O)OCC(COP(=O)([O-])OCC[N+](C)(C)C)OC(=O)CCCCCCCCC/C=C\C/C=C\C/C=C\C/C=C\C/C=C\C/C=C\C/C=C\C/C=C\C/C=C\C/C=C\C/C=C\CC. The van der Waals surface area contributed by atoms with Crippen molar-refractivity contribution in [3.63, 3.8) is 0 Å². The van der Waals surface area contributed by atoms with Gasteiger partial charge in [-0.3, -0.25) is 14.2 Å². The van der Waals surface area contributed by atoms with Gasteiger partial charge in [-0.1, -0.05) is 345 Å². The van der Waals surface area contributed by atoms with Gasteiger partial charge in [-0.05, 0) is 180 Å². The van der Waals surface area contributed by atoms with Gasteiger partial charge >= 0.3 is 11.9 Å². The average Bonchev–Trinajstić information content (AvgIpc) is 0.951. The standard InChI is InChI=1S/C96H148NO8P/c1-6-8-10-12-14-16-18-20-22-24-26-28-30-32-34-36-38-40-42-44-46-48-50-52-54-56-58-60-62-64-66-68-70-72-74-76-78-80-82-84-86-88-95(98)102-92-94(93-104-106(100,101)103-91-90-97(3,4)5)105-96(99)89-87-85-83-81-79-77-75-73-71-69-67-65-63-61-59-57-55-53-51-49-47-45-43-41-39-37-35-33-31-29-27-25-23-21-19-17-15-13-11-9-7-2/h8-11,14-17,20-23,26-29,32-35,38-41,44-47,50-53,56-59,62-65,68-71,94H,6-7,12-13,18-19,24-25,30-31,36-37,42-43,48-49,54-55,60-61,66-67,72-93H2,1-5H3/b10-8-,11-9-,16-14-,17-15-,22-20-,23-21-,28-26-,29-27-,34-32-,35-33-,40-38-,41-39-,46-44-,47-45-,52-50-,53-51-,58-56-,59-57-,64-62-,65-63-,70-68-,71-69-. The van der Waals surface area contributed by atoms with E-state index in [9.17, 15) is 19.0 Å². The quantitative estimate of drug-likeness (QED) is 0.0195. The molecule has 2 atom stereocenters. The summed E-state index contributed by atoms with van der Waals surface area (Å²) in [6, 6.07) is 0. The summed E-state index contributed by atoms with van der Waals surface area (Å²) in [4.78, 5) is 38.2. The van der Waals surface area contributed by atoms with Crippen molar-refractivity contribution in [2.45, 2.75) is 277 Å². The Bertz CT molecular complexity index is 2800. The first-order valence-electron chi connectivity index (χ1n) is 41.0. The van der Waals surface area contributed by atoms with E-state index in [0.717, 1.165) is 199 Å². The van der Waals surface area contributed by atoms with E-state index in [1.54, 1.807) is 0 Å². The van der Waals surface area contributed by atoms with Crippen LogP contribution in [0.3, 0.4) is 0 Å². The van der Waals surface area contributed by atoms with E-state index in [-0.39, 0.29) is 26.1 Å². The molecule has 0 radical (unpaired) electrons. The van der Waals surface area contributed by atoms with E-state index in [1.165, 1.54) is 32.1 Å². The molecule has 0 N–H and O–H groups in total. The highest BCUT2D eigenvalue weighted by atomic mass is 31.2. The highest BCUT2D eigenvalue weighted by molar-refractivity contribution is 7.45. The molecule has 2 unspecified atom stereocenters. The van der Waals surface area contributed by atoms with Gasteiger partial charge in [0.2, 0.25) is 0 Å². The number of allylic oxidation sites excluding steroid dienone is 44. The first kappa shape index (κ1) is 99.3. The molecule has 0 aliphatic carbocycles. The molecule has 106 heavy (non-hydrogen) atoms. The van der Waals surface area contributed by atoms with Crippen LogP contribution < -0.4 is 4.89 Å². The van der Waals surface area contributed by atoms with E-state index in [0.29, 0.717) is 23.9 Å². The summed E-state index contributed by atoms with van der Waals surface area (Å²) in [5.74, 6) is -0.878. The number of hydrogen-bond acceptors (Lipinski definition) is 8. The Morgan fingerprint density at radius 1 is 0.292 bits per heavy atom. The highest BCUT2D eigenvalue weighted by Gasteiger charge is 2.22. The Morgan fingerprint density at radius 2 is 0.509 bits per heavy atom. The molecule has 0 amide bonds. The summed E-state index contributed by atoms with van der Waals surface area (Å²) in [7, 11) is 1.12. The van der Waals surface area contributed by atoms with Crippen LogP contribution in [0.1, 0.15) is 271 Å². The third-order valence-corrected chi connectivity index (χ3v) is 17.2. The van der Waals surface area contributed by atoms with Crippen LogP contribution >= 0.6 is 7.82 Å². The van der Waals surface area contributed by atoms with Crippen LogP contribution in [0.4, 0.5) is 0 Å². The number of hydrogen-bond donors (Lipinski definition) is 0. The van der Waals surface area contributed by atoms with E-state index < -0.39 is 32.5 Å². The molecular weight excluding hydrogens is 1330 g/mol. The maximum absolute atomic E-state index is 12.9. The highest BCUT2D eigenvalue weighted by Crippen LogP contribution is 2.38. The number of rotatable bonds is 72. The number of carbonyl (C=O) groups is 2. The number of likely N-dealkylation sites (N-methyl/N-ethyl adjacent to an activating group) is 1. The molecular formula is C96H148NO8P. The van der Waals surface area contributed by atoms with E-state index in [4.69, 9.17) is 18.5 Å². The van der Waals surface area contributed by atoms with Crippen molar-refractivity contribution in [2.75, 3.05) is 47.5 Å². The Hall–Kier alpha value is -6.71. The minimum atomic E-state index is -4.67. The molecule has 0 rings (SSSR count). The molecule has 9 nitrogen and oxygen atoms in total. The lowest BCUT2D eigenvalue weighted by Gasteiger charge is -2.28. The maximum Gasteiger partial charge on any atom is 0.306 e. The van der Waals surface area contributed by atoms with Gasteiger partial charge in [-0.15, -0.1) is 0 Å². The second-order valence-corrected chi connectivity index (χ2v) is 28.7. The molecule has 0 aliphatic heterocycles. The fourth-order valence-electron chi connectivity index (χ4n) is 10.1. The van der Waals surface area contributed by atoms with E-state index in [2.05, 4.69) is 281 Å². The maximum atomic E-state index is 12.9. The van der Waals surface area contributed by atoms with Crippen molar-refractivity contribution < 1.29 is 42.1 Å². The van der Waals surface area contributed by atoms with Crippen LogP contribution in [0, 0.1) is 0 Å². The van der Waals surface area contributed by atoms with Crippen LogP contribution in [0.15, 0.2) is 267 Å². The Labute approximate surface area is 649 Å². The zero-order chi connectivity index (χ0) is 76.8. The van der Waals surface area contributed by atoms with Crippen LogP contribution in [-0.2, 0) is 32.7 Å². The Kier molecular flexibility index (Phi) is 77.1. The van der Waals surface area contributed by atoms with Crippen LogP contribution in [0.2, 0.25) is 0 Å². The fourth-order valence-corrected chi connectivity index (χ4v) is 10.8. The van der Waals surface area contributed by atoms with Crippen molar-refractivity contribution >= 4 is 19.8 Å². The molecule has 0 heterocycles. The van der Waals surface area contributed by atoms with Crippen molar-refractivity contribution in [3.8, 4) is 0 Å². The monoisotopic (exact) mass is 1470 g/mol. The fraction of sp³-hybridized carbons (Fsp3) is 0.521. The number of unbranched alkanes of at least 4 members (excludes halogenated alkanes) is 14. The number of carbonyl (C=O) groups excluding carboxylic acids is 2. The molecule has 0 saturated heterocycles. The average molecular weight is 1480 g/mol. The summed E-state index contributed by atoms with van der Waals surface area (Å²) in [6.07, 6.45) is 136. The second kappa shape index (κ2) is 82.3. The summed E-state index contributed by atoms with van der Waals surface area (Å²) in [6.45, 7) is 3.95. The predicted molar refractivity (Wildman–Crippen MR) is 460 cm³/mol. The zero-order valence-electron chi connectivity index (χ0n) is 67.3. The van der Waals surface area contributed by atoms with Gasteiger partial charge < -0.3 is 27.9 Å². The van der Waals surface area contributed by atoms with E-state index in [1.807, 2.05) is 21.1 Å². The molecule has 0 fully saturated rings. The minimum Gasteiger partial charge on any atom is -0.756 e. The van der Waals surface area contributed by atoms with Crippen LogP contribution in [0.5, 0.6) is 0 Å². The molecule has 0 aliphatic rings. The number of esters is 2. The van der Waals surface area contributed by atoms with Gasteiger partial charge in [0.25, 0.3) is 7.82 Å². The van der Waals surface area contributed by atoms with Gasteiger partial charge in [0.15, 0.2) is 6.10 Å². The third-order valence-electron chi connectivity index (χ3n) is 16.2. The summed E-state index contributed by atoms with van der Waals surface area (Å²) in [5.41, 5.74) is 0. The normalized spacial score (nSPS) is 14.4. The largest absolute Gasteiger partial charge is 0.756 e. The summed E-state index contributed by atoms with van der Waals surface area (Å²) < 4.78 is 34.4. The molecule has 0 spiro atoms. The molecule has 0 bridgehead atoms. The zero-order valence-corrected chi connectivity index (χ0v) is 68.1. The number of phosphoric acid groups is 1. The van der Waals surface area contributed by atoms with Crippen LogP contribution in [-0.4, -0.2) is 70.0 Å². The van der Waals surface area contributed by atoms with E-state index >= 15 is 0 Å². The number of phosphoric ester groups is 1. The van der Waals surface area contributed by atoms with Gasteiger partial charge in [0.05, 0.1) is 27.7 Å². The third kappa shape index (κ3) is 86.2. The molecule has 590 valence electrons. The molecule has 10 heteroatoms. The lowest BCUT2D eigenvalue weighted by Crippen LogP contribution is -2.37. The first-order valence-corrected chi connectivity index (χ1v) is 42.5. The molecule has 0 aromatic heterocycles. The first-order chi connectivity index (χ1) is 52.0. The Balaban J connectivity index is 4.16. The number of ether oxygens (including phenoxy) is 2. The smallest absolute Gasteiger partial charge is 0.306 e. The summed E-state index contributed by atoms with van der Waals surface area (Å²) in [5, 5.41) is 0. The van der Waals surface area contributed by atoms with Gasteiger partial charge in [-0.2, -0.15) is 0 Å². The second-order valence-electron chi connectivity index (χ2n) is 27.3. The topological polar surface area (TPSA) is 111 Å². The Morgan fingerprint density at radius 3 is 0.755 bits per heavy atom. The number of nitrogens with zero attached hydrogens (tertiary/aromatic N) is 1.